The number of nitrogens with one attached hydrogen (secondary N) is 1. The molecule has 0 unspecified atom stereocenters. The van der Waals surface area contributed by atoms with Gasteiger partial charge in [0.2, 0.25) is 5.88 Å². The monoisotopic (exact) mass is 489 g/mol. The second kappa shape index (κ2) is 12.6. The van der Waals surface area contributed by atoms with Crippen molar-refractivity contribution in [1.29, 1.82) is 0 Å². The standard InChI is InChI=1S/C25H31NO9/c1-7-31-19-11-17(9-10-18(19)33-12-14(3)4)24(29)34-13-20(28)26-23-22(25(30)32-8-2)21(15(5)27)16(6)35-23/h9-11,14H,7-8,12-13H2,1-6H3,(H,26,28). The highest BCUT2D eigenvalue weighted by Crippen LogP contribution is 2.30. The minimum atomic E-state index is -0.815. The minimum Gasteiger partial charge on any atom is -0.490 e. The zero-order chi connectivity index (χ0) is 26.1. The molecule has 1 amide bonds. The third-order valence-corrected chi connectivity index (χ3v) is 4.55. The van der Waals surface area contributed by atoms with Gasteiger partial charge in [0, 0.05) is 0 Å². The molecule has 0 aliphatic heterocycles. The first kappa shape index (κ1) is 27.4. The molecule has 190 valence electrons. The Labute approximate surface area is 203 Å². The Morgan fingerprint density at radius 1 is 0.943 bits per heavy atom. The molecule has 0 saturated heterocycles. The van der Waals surface area contributed by atoms with Crippen LogP contribution in [0.1, 0.15) is 71.5 Å². The first-order chi connectivity index (χ1) is 16.6. The fraction of sp³-hybridized carbons (Fsp3) is 0.440. The van der Waals surface area contributed by atoms with E-state index in [1.54, 1.807) is 19.9 Å². The Hall–Kier alpha value is -3.82. The summed E-state index contributed by atoms with van der Waals surface area (Å²) < 4.78 is 26.7. The highest BCUT2D eigenvalue weighted by atomic mass is 16.5. The number of rotatable bonds is 12. The Kier molecular flexibility index (Phi) is 9.86. The molecule has 0 aliphatic rings. The molecule has 0 bridgehead atoms. The van der Waals surface area contributed by atoms with Crippen LogP contribution in [0.2, 0.25) is 0 Å². The maximum atomic E-state index is 12.5. The fourth-order valence-electron chi connectivity index (χ4n) is 3.11. The third kappa shape index (κ3) is 7.33. The van der Waals surface area contributed by atoms with Crippen LogP contribution in [0.15, 0.2) is 22.6 Å². The van der Waals surface area contributed by atoms with E-state index in [4.69, 9.17) is 23.4 Å². The Morgan fingerprint density at radius 3 is 2.26 bits per heavy atom. The Bertz CT molecular complexity index is 1080. The van der Waals surface area contributed by atoms with Gasteiger partial charge in [-0.1, -0.05) is 13.8 Å². The molecular weight excluding hydrogens is 458 g/mol. The van der Waals surface area contributed by atoms with Crippen LogP contribution in [0.25, 0.3) is 0 Å². The number of ether oxygens (including phenoxy) is 4. The summed E-state index contributed by atoms with van der Waals surface area (Å²) in [5, 5.41) is 2.36. The molecule has 0 aliphatic carbocycles. The Morgan fingerprint density at radius 2 is 1.66 bits per heavy atom. The quantitative estimate of drug-likeness (QED) is 0.344. The lowest BCUT2D eigenvalue weighted by Crippen LogP contribution is -2.22. The molecular formula is C25H31NO9. The van der Waals surface area contributed by atoms with Gasteiger partial charge in [0.15, 0.2) is 23.9 Å². The minimum absolute atomic E-state index is 0.0129. The zero-order valence-corrected chi connectivity index (χ0v) is 20.8. The fourth-order valence-corrected chi connectivity index (χ4v) is 3.11. The smallest absolute Gasteiger partial charge is 0.344 e. The number of esters is 2. The van der Waals surface area contributed by atoms with Crippen molar-refractivity contribution >= 4 is 29.5 Å². The van der Waals surface area contributed by atoms with Crippen LogP contribution in [-0.2, 0) is 14.3 Å². The highest BCUT2D eigenvalue weighted by Gasteiger charge is 2.29. The molecule has 0 atom stereocenters. The van der Waals surface area contributed by atoms with Gasteiger partial charge < -0.3 is 23.4 Å². The number of carbonyl (C=O) groups excluding carboxylic acids is 4. The lowest BCUT2D eigenvalue weighted by atomic mass is 10.1. The van der Waals surface area contributed by atoms with Crippen molar-refractivity contribution in [3.63, 3.8) is 0 Å². The van der Waals surface area contributed by atoms with Crippen molar-refractivity contribution in [2.75, 3.05) is 31.7 Å². The van der Waals surface area contributed by atoms with Crippen molar-refractivity contribution in [3.8, 4) is 11.5 Å². The van der Waals surface area contributed by atoms with E-state index in [1.165, 1.54) is 26.0 Å². The summed E-state index contributed by atoms with van der Waals surface area (Å²) in [7, 11) is 0. The maximum absolute atomic E-state index is 12.5. The number of benzene rings is 1. The lowest BCUT2D eigenvalue weighted by molar-refractivity contribution is -0.119. The van der Waals surface area contributed by atoms with Crippen LogP contribution < -0.4 is 14.8 Å². The molecule has 1 heterocycles. The molecule has 0 radical (unpaired) electrons. The van der Waals surface area contributed by atoms with Crippen LogP contribution in [0, 0.1) is 12.8 Å². The number of amides is 1. The molecule has 2 rings (SSSR count). The molecule has 0 fully saturated rings. The van der Waals surface area contributed by atoms with Crippen LogP contribution in [0.4, 0.5) is 5.88 Å². The molecule has 2 aromatic rings. The van der Waals surface area contributed by atoms with Gasteiger partial charge in [-0.05, 0) is 51.8 Å². The van der Waals surface area contributed by atoms with Crippen molar-refractivity contribution in [3.05, 3.63) is 40.6 Å². The molecule has 10 heteroatoms. The van der Waals surface area contributed by atoms with E-state index in [9.17, 15) is 19.2 Å². The van der Waals surface area contributed by atoms with Crippen LogP contribution in [0.3, 0.4) is 0 Å². The summed E-state index contributed by atoms with van der Waals surface area (Å²) in [6, 6.07) is 4.59. The number of anilines is 1. The van der Waals surface area contributed by atoms with E-state index in [0.29, 0.717) is 30.6 Å². The number of hydrogen-bond acceptors (Lipinski definition) is 9. The predicted octanol–water partition coefficient (Wildman–Crippen LogP) is 4.20. The van der Waals surface area contributed by atoms with E-state index in [2.05, 4.69) is 5.32 Å². The van der Waals surface area contributed by atoms with Gasteiger partial charge in [-0.2, -0.15) is 0 Å². The highest BCUT2D eigenvalue weighted by molar-refractivity contribution is 6.10. The summed E-state index contributed by atoms with van der Waals surface area (Å²) in [6.45, 7) is 10.4. The van der Waals surface area contributed by atoms with Crippen molar-refractivity contribution < 1.29 is 42.5 Å². The first-order valence-corrected chi connectivity index (χ1v) is 11.3. The summed E-state index contributed by atoms with van der Waals surface area (Å²) >= 11 is 0. The van der Waals surface area contributed by atoms with Gasteiger partial charge in [0.05, 0.1) is 30.9 Å². The van der Waals surface area contributed by atoms with Crippen LogP contribution >= 0.6 is 0 Å². The summed E-state index contributed by atoms with van der Waals surface area (Å²) in [6.07, 6.45) is 0. The predicted molar refractivity (Wildman–Crippen MR) is 126 cm³/mol. The number of hydrogen-bond donors (Lipinski definition) is 1. The number of ketones is 1. The van der Waals surface area contributed by atoms with E-state index >= 15 is 0 Å². The van der Waals surface area contributed by atoms with Crippen LogP contribution in [0.5, 0.6) is 11.5 Å². The SMILES string of the molecule is CCOC(=O)c1c(NC(=O)COC(=O)c2ccc(OCC(C)C)c(OCC)c2)oc(C)c1C(C)=O. The average Bonchev–Trinajstić information content (AvgIpc) is 3.12. The number of aryl methyl sites for hydroxylation is 1. The molecule has 10 nitrogen and oxygen atoms in total. The van der Waals surface area contributed by atoms with Crippen molar-refractivity contribution in [1.82, 2.24) is 0 Å². The molecule has 0 saturated carbocycles. The molecule has 0 spiro atoms. The van der Waals surface area contributed by atoms with Crippen LogP contribution in [-0.4, -0.2) is 50.1 Å². The topological polar surface area (TPSA) is 130 Å². The average molecular weight is 490 g/mol. The van der Waals surface area contributed by atoms with E-state index in [0.717, 1.165) is 0 Å². The van der Waals surface area contributed by atoms with Gasteiger partial charge in [-0.25, -0.2) is 9.59 Å². The molecule has 1 aromatic carbocycles. The van der Waals surface area contributed by atoms with Gasteiger partial charge in [-0.3, -0.25) is 14.9 Å². The second-order valence-corrected chi connectivity index (χ2v) is 7.94. The number of furan rings is 1. The molecule has 1 aromatic heterocycles. The number of carbonyl (C=O) groups is 4. The van der Waals surface area contributed by atoms with E-state index < -0.39 is 30.2 Å². The second-order valence-electron chi connectivity index (χ2n) is 7.94. The van der Waals surface area contributed by atoms with Gasteiger partial charge >= 0.3 is 11.9 Å². The van der Waals surface area contributed by atoms with Gasteiger partial charge in [-0.15, -0.1) is 0 Å². The summed E-state index contributed by atoms with van der Waals surface area (Å²) in [5.74, 6) is -1.69. The molecule has 1 N–H and O–H groups in total. The van der Waals surface area contributed by atoms with Gasteiger partial charge in [0.25, 0.3) is 5.91 Å². The van der Waals surface area contributed by atoms with E-state index in [1.807, 2.05) is 13.8 Å². The normalized spacial score (nSPS) is 10.6. The molecule has 35 heavy (non-hydrogen) atoms. The van der Waals surface area contributed by atoms with Crippen molar-refractivity contribution in [2.24, 2.45) is 5.92 Å². The summed E-state index contributed by atoms with van der Waals surface area (Å²) in [4.78, 5) is 49.2. The summed E-state index contributed by atoms with van der Waals surface area (Å²) in [5.41, 5.74) is -0.00749. The lowest BCUT2D eigenvalue weighted by Gasteiger charge is -2.14. The van der Waals surface area contributed by atoms with Gasteiger partial charge in [0.1, 0.15) is 11.3 Å². The zero-order valence-electron chi connectivity index (χ0n) is 20.8. The largest absolute Gasteiger partial charge is 0.490 e. The third-order valence-electron chi connectivity index (χ3n) is 4.55. The number of Topliss-reactive ketones (excluding diaryl/α,β-unsaturated/α-hetero) is 1. The van der Waals surface area contributed by atoms with E-state index in [-0.39, 0.29) is 34.9 Å². The Balaban J connectivity index is 2.11. The van der Waals surface area contributed by atoms with Crippen molar-refractivity contribution in [2.45, 2.75) is 41.5 Å². The first-order valence-electron chi connectivity index (χ1n) is 11.3. The maximum Gasteiger partial charge on any atom is 0.344 e.